The fourth-order valence-corrected chi connectivity index (χ4v) is 4.61. The number of hydrogen-bond acceptors (Lipinski definition) is 4. The molecule has 0 saturated carbocycles. The second-order valence-corrected chi connectivity index (χ2v) is 8.28. The molecule has 0 N–H and O–H groups in total. The summed E-state index contributed by atoms with van der Waals surface area (Å²) in [5.74, 6) is 0.0403. The molecule has 6 heteroatoms. The number of benzene rings is 2. The first-order chi connectivity index (χ1) is 11.6. The Morgan fingerprint density at radius 3 is 2.25 bits per heavy atom. The van der Waals surface area contributed by atoms with Gasteiger partial charge in [0.15, 0.2) is 9.84 Å². The summed E-state index contributed by atoms with van der Waals surface area (Å²) >= 11 is 5.87. The first-order valence-electron chi connectivity index (χ1n) is 7.91. The summed E-state index contributed by atoms with van der Waals surface area (Å²) in [5, 5.41) is 0.529. The van der Waals surface area contributed by atoms with E-state index in [9.17, 15) is 8.42 Å². The molecule has 4 nitrogen and oxygen atoms in total. The summed E-state index contributed by atoms with van der Waals surface area (Å²) in [4.78, 5) is 2.49. The van der Waals surface area contributed by atoms with Crippen LogP contribution in [0.4, 0.5) is 0 Å². The molecule has 1 atom stereocenters. The van der Waals surface area contributed by atoms with Gasteiger partial charge in [0.2, 0.25) is 0 Å². The smallest absolute Gasteiger partial charge is 0.180 e. The van der Waals surface area contributed by atoms with Crippen molar-refractivity contribution in [1.29, 1.82) is 0 Å². The van der Waals surface area contributed by atoms with Gasteiger partial charge in [-0.2, -0.15) is 0 Å². The molecule has 0 aliphatic carbocycles. The minimum absolute atomic E-state index is 0.0403. The Hall–Kier alpha value is -1.40. The summed E-state index contributed by atoms with van der Waals surface area (Å²) < 4.78 is 31.1. The van der Waals surface area contributed by atoms with Crippen LogP contribution >= 0.6 is 11.6 Å². The van der Waals surface area contributed by atoms with E-state index in [0.29, 0.717) is 23.1 Å². The number of nitrogens with zero attached hydrogens (tertiary/aromatic N) is 1. The normalized spacial score (nSPS) is 17.5. The maximum absolute atomic E-state index is 12.9. The molecule has 0 unspecified atom stereocenters. The quantitative estimate of drug-likeness (QED) is 0.816. The first kappa shape index (κ1) is 17.4. The van der Waals surface area contributed by atoms with Gasteiger partial charge in [0, 0.05) is 24.2 Å². The van der Waals surface area contributed by atoms with Crippen LogP contribution in [-0.4, -0.2) is 45.4 Å². The maximum atomic E-state index is 12.9. The van der Waals surface area contributed by atoms with Crippen LogP contribution in [0.2, 0.25) is 5.02 Å². The fraction of sp³-hybridized carbons (Fsp3) is 0.333. The third kappa shape index (κ3) is 4.16. The zero-order chi connectivity index (χ0) is 17.0. The van der Waals surface area contributed by atoms with Crippen LogP contribution < -0.4 is 0 Å². The van der Waals surface area contributed by atoms with Crippen LogP contribution in [0.25, 0.3) is 0 Å². The summed E-state index contributed by atoms with van der Waals surface area (Å²) in [6, 6.07) is 16.0. The molecule has 0 radical (unpaired) electrons. The lowest BCUT2D eigenvalue weighted by atomic mass is 10.1. The van der Waals surface area contributed by atoms with E-state index in [1.807, 2.05) is 30.3 Å². The van der Waals surface area contributed by atoms with E-state index in [2.05, 4.69) is 4.90 Å². The highest BCUT2D eigenvalue weighted by Crippen LogP contribution is 2.27. The van der Waals surface area contributed by atoms with Crippen molar-refractivity contribution in [2.45, 2.75) is 10.9 Å². The fourth-order valence-electron chi connectivity index (χ4n) is 2.92. The van der Waals surface area contributed by atoms with Crippen LogP contribution in [0.5, 0.6) is 0 Å². The van der Waals surface area contributed by atoms with Crippen molar-refractivity contribution in [3.63, 3.8) is 0 Å². The van der Waals surface area contributed by atoms with Gasteiger partial charge < -0.3 is 4.74 Å². The molecule has 1 aliphatic rings. The van der Waals surface area contributed by atoms with Gasteiger partial charge in [0.05, 0.1) is 23.9 Å². The molecule has 1 saturated heterocycles. The molecule has 1 aliphatic heterocycles. The van der Waals surface area contributed by atoms with Crippen molar-refractivity contribution in [2.24, 2.45) is 0 Å². The van der Waals surface area contributed by atoms with Crippen LogP contribution in [0, 0.1) is 0 Å². The molecule has 1 fully saturated rings. The van der Waals surface area contributed by atoms with Gasteiger partial charge in [-0.05, 0) is 29.8 Å². The van der Waals surface area contributed by atoms with Gasteiger partial charge in [-0.25, -0.2) is 8.42 Å². The largest absolute Gasteiger partial charge is 0.379 e. The lowest BCUT2D eigenvalue weighted by Crippen LogP contribution is -2.41. The highest BCUT2D eigenvalue weighted by Gasteiger charge is 2.28. The van der Waals surface area contributed by atoms with E-state index in [4.69, 9.17) is 16.3 Å². The molecule has 24 heavy (non-hydrogen) atoms. The van der Waals surface area contributed by atoms with E-state index < -0.39 is 9.84 Å². The average molecular weight is 366 g/mol. The molecule has 0 spiro atoms. The summed E-state index contributed by atoms with van der Waals surface area (Å²) in [6.45, 7) is 2.72. The molecule has 1 heterocycles. The Balaban J connectivity index is 1.89. The highest BCUT2D eigenvalue weighted by molar-refractivity contribution is 7.91. The minimum atomic E-state index is -3.41. The van der Waals surface area contributed by atoms with Gasteiger partial charge >= 0.3 is 0 Å². The lowest BCUT2D eigenvalue weighted by Gasteiger charge is -2.34. The standard InChI is InChI=1S/C18H20ClNO3S/c19-16-6-8-17(9-7-16)24(21,22)14-18(15-4-2-1-3-5-15)20-10-12-23-13-11-20/h1-9,18H,10-14H2/t18-/m1/s1. The number of ether oxygens (including phenoxy) is 1. The van der Waals surface area contributed by atoms with E-state index in [-0.39, 0.29) is 11.8 Å². The van der Waals surface area contributed by atoms with Crippen molar-refractivity contribution in [3.8, 4) is 0 Å². The van der Waals surface area contributed by atoms with E-state index in [0.717, 1.165) is 18.7 Å². The predicted molar refractivity (Wildman–Crippen MR) is 95.1 cm³/mol. The Kier molecular flexibility index (Phi) is 5.56. The molecular formula is C18H20ClNO3S. The van der Waals surface area contributed by atoms with Crippen molar-refractivity contribution >= 4 is 21.4 Å². The molecule has 128 valence electrons. The Labute approximate surface area is 147 Å². The number of rotatable bonds is 5. The lowest BCUT2D eigenvalue weighted by molar-refractivity contribution is 0.0205. The summed E-state index contributed by atoms with van der Waals surface area (Å²) in [6.07, 6.45) is 0. The zero-order valence-electron chi connectivity index (χ0n) is 13.3. The van der Waals surface area contributed by atoms with Crippen LogP contribution in [0.1, 0.15) is 11.6 Å². The molecular weight excluding hydrogens is 346 g/mol. The van der Waals surface area contributed by atoms with Gasteiger partial charge in [0.25, 0.3) is 0 Å². The van der Waals surface area contributed by atoms with Crippen LogP contribution in [0.15, 0.2) is 59.5 Å². The third-order valence-corrected chi connectivity index (χ3v) is 6.22. The monoisotopic (exact) mass is 365 g/mol. The first-order valence-corrected chi connectivity index (χ1v) is 9.94. The van der Waals surface area contributed by atoms with Gasteiger partial charge in [-0.1, -0.05) is 41.9 Å². The maximum Gasteiger partial charge on any atom is 0.180 e. The Morgan fingerprint density at radius 2 is 1.62 bits per heavy atom. The van der Waals surface area contributed by atoms with Gasteiger partial charge in [-0.3, -0.25) is 4.90 Å². The summed E-state index contributed by atoms with van der Waals surface area (Å²) in [7, 11) is -3.41. The Morgan fingerprint density at radius 1 is 1.00 bits per heavy atom. The average Bonchev–Trinajstić information content (AvgIpc) is 2.62. The number of hydrogen-bond donors (Lipinski definition) is 0. The van der Waals surface area contributed by atoms with Crippen LogP contribution in [0.3, 0.4) is 0 Å². The molecule has 2 aromatic carbocycles. The minimum Gasteiger partial charge on any atom is -0.379 e. The second kappa shape index (κ2) is 7.66. The molecule has 2 aromatic rings. The number of sulfone groups is 1. The predicted octanol–water partition coefficient (Wildman–Crippen LogP) is 3.19. The molecule has 0 bridgehead atoms. The van der Waals surface area contributed by atoms with E-state index in [1.165, 1.54) is 0 Å². The third-order valence-electron chi connectivity index (χ3n) is 4.22. The van der Waals surface area contributed by atoms with Crippen molar-refractivity contribution < 1.29 is 13.2 Å². The zero-order valence-corrected chi connectivity index (χ0v) is 14.8. The Bertz CT molecular complexity index is 757. The second-order valence-electron chi connectivity index (χ2n) is 5.81. The van der Waals surface area contributed by atoms with Gasteiger partial charge in [-0.15, -0.1) is 0 Å². The van der Waals surface area contributed by atoms with Crippen molar-refractivity contribution in [1.82, 2.24) is 4.90 Å². The molecule has 3 rings (SSSR count). The van der Waals surface area contributed by atoms with Crippen LogP contribution in [-0.2, 0) is 14.6 Å². The van der Waals surface area contributed by atoms with Crippen molar-refractivity contribution in [2.75, 3.05) is 32.1 Å². The molecule has 0 aromatic heterocycles. The van der Waals surface area contributed by atoms with Gasteiger partial charge in [0.1, 0.15) is 0 Å². The van der Waals surface area contributed by atoms with E-state index >= 15 is 0 Å². The van der Waals surface area contributed by atoms with E-state index in [1.54, 1.807) is 24.3 Å². The highest BCUT2D eigenvalue weighted by atomic mass is 35.5. The number of halogens is 1. The molecule has 0 amide bonds. The van der Waals surface area contributed by atoms with Crippen molar-refractivity contribution in [3.05, 3.63) is 65.2 Å². The topological polar surface area (TPSA) is 46.6 Å². The summed E-state index contributed by atoms with van der Waals surface area (Å²) in [5.41, 5.74) is 1.01. The SMILES string of the molecule is O=S(=O)(C[C@H](c1ccccc1)N1CCOCC1)c1ccc(Cl)cc1. The number of morpholine rings is 1.